The first kappa shape index (κ1) is 29.6. The number of aryl methyl sites for hydroxylation is 1. The normalized spacial score (nSPS) is 15.8. The van der Waals surface area contributed by atoms with Crippen LogP contribution in [-0.4, -0.2) is 63.3 Å². The van der Waals surface area contributed by atoms with E-state index in [0.29, 0.717) is 18.0 Å². The monoisotopic (exact) mass is 628 g/mol. The molecule has 6 aromatic rings. The van der Waals surface area contributed by atoms with Gasteiger partial charge >= 0.3 is 0 Å². The van der Waals surface area contributed by atoms with Crippen LogP contribution in [0.3, 0.4) is 0 Å². The second-order valence-electron chi connectivity index (χ2n) is 13.5. The van der Waals surface area contributed by atoms with E-state index < -0.39 is 6.10 Å². The van der Waals surface area contributed by atoms with Gasteiger partial charge in [0.15, 0.2) is 5.65 Å². The van der Waals surface area contributed by atoms with Gasteiger partial charge in [-0.25, -0.2) is 9.67 Å². The van der Waals surface area contributed by atoms with Gasteiger partial charge in [-0.2, -0.15) is 15.3 Å². The summed E-state index contributed by atoms with van der Waals surface area (Å²) in [6.45, 7) is 8.50. The summed E-state index contributed by atoms with van der Waals surface area (Å²) >= 11 is 0. The lowest BCUT2D eigenvalue weighted by Gasteiger charge is -2.16. The second kappa shape index (κ2) is 11.5. The quantitative estimate of drug-likeness (QED) is 0.208. The average Bonchev–Trinajstić information content (AvgIpc) is 3.37. The molecule has 8 rings (SSSR count). The molecule has 1 saturated carbocycles. The first-order valence-electron chi connectivity index (χ1n) is 16.7. The number of likely N-dealkylation sites (tertiary alicyclic amines) is 1. The van der Waals surface area contributed by atoms with Crippen LogP contribution >= 0.6 is 0 Å². The third-order valence-corrected chi connectivity index (χ3v) is 9.70. The highest BCUT2D eigenvalue weighted by atomic mass is 16.3. The topological polar surface area (TPSA) is 107 Å². The maximum absolute atomic E-state index is 12.8. The molecule has 1 aliphatic carbocycles. The highest BCUT2D eigenvalue weighted by Crippen LogP contribution is 2.44. The van der Waals surface area contributed by atoms with E-state index in [2.05, 4.69) is 42.7 Å². The first-order chi connectivity index (χ1) is 22.7. The Hall–Kier alpha value is -4.83. The zero-order chi connectivity index (χ0) is 32.4. The van der Waals surface area contributed by atoms with Crippen LogP contribution in [0, 0.1) is 6.92 Å². The molecule has 2 aromatic carbocycles. The molecule has 240 valence electrons. The van der Waals surface area contributed by atoms with Gasteiger partial charge < -0.3 is 10.0 Å². The summed E-state index contributed by atoms with van der Waals surface area (Å²) in [5.74, 6) is 0.733. The van der Waals surface area contributed by atoms with Crippen molar-refractivity contribution in [3.8, 4) is 16.9 Å². The van der Waals surface area contributed by atoms with E-state index >= 15 is 0 Å². The van der Waals surface area contributed by atoms with Crippen LogP contribution in [0.15, 0.2) is 60.9 Å². The van der Waals surface area contributed by atoms with Crippen molar-refractivity contribution in [2.45, 2.75) is 70.9 Å². The van der Waals surface area contributed by atoms with Crippen LogP contribution in [0.25, 0.3) is 38.9 Å². The lowest BCUT2D eigenvalue weighted by Crippen LogP contribution is -2.27. The van der Waals surface area contributed by atoms with Gasteiger partial charge in [0.2, 0.25) is 0 Å². The highest BCUT2D eigenvalue weighted by Gasteiger charge is 2.31. The number of aliphatic hydroxyl groups is 1. The summed E-state index contributed by atoms with van der Waals surface area (Å²) in [7, 11) is 1.93. The molecular weight excluding hydrogens is 588 g/mol. The molecule has 2 fully saturated rings. The van der Waals surface area contributed by atoms with Crippen molar-refractivity contribution in [2.24, 2.45) is 7.05 Å². The highest BCUT2D eigenvalue weighted by molar-refractivity contribution is 5.95. The summed E-state index contributed by atoms with van der Waals surface area (Å²) in [5, 5.41) is 27.9. The number of aromatic nitrogens is 7. The lowest BCUT2D eigenvalue weighted by atomic mass is 9.95. The zero-order valence-electron chi connectivity index (χ0n) is 27.4. The van der Waals surface area contributed by atoms with Gasteiger partial charge in [0.1, 0.15) is 0 Å². The Labute approximate surface area is 273 Å². The molecule has 1 amide bonds. The molecule has 1 N–H and O–H groups in total. The van der Waals surface area contributed by atoms with Gasteiger partial charge in [-0.1, -0.05) is 38.1 Å². The van der Waals surface area contributed by atoms with Gasteiger partial charge in [-0.05, 0) is 68.4 Å². The number of amides is 1. The zero-order valence-corrected chi connectivity index (χ0v) is 27.4. The average molecular weight is 629 g/mol. The Morgan fingerprint density at radius 1 is 1.00 bits per heavy atom. The van der Waals surface area contributed by atoms with Gasteiger partial charge in [-0.3, -0.25) is 14.2 Å². The number of benzene rings is 2. The molecule has 0 radical (unpaired) electrons. The first-order valence-corrected chi connectivity index (χ1v) is 16.7. The third kappa shape index (κ3) is 5.30. The van der Waals surface area contributed by atoms with E-state index in [1.165, 1.54) is 5.56 Å². The van der Waals surface area contributed by atoms with Crippen molar-refractivity contribution < 1.29 is 9.90 Å². The predicted octanol–water partition coefficient (Wildman–Crippen LogP) is 6.45. The number of carbonyl (C=O) groups excluding carboxylic acids is 1. The lowest BCUT2D eigenvalue weighted by molar-refractivity contribution is 0.0792. The maximum Gasteiger partial charge on any atom is 0.253 e. The van der Waals surface area contributed by atoms with Gasteiger partial charge in [-0.15, -0.1) is 0 Å². The Bertz CT molecular complexity index is 2130. The van der Waals surface area contributed by atoms with E-state index in [-0.39, 0.29) is 11.8 Å². The van der Waals surface area contributed by atoms with Crippen molar-refractivity contribution in [3.05, 3.63) is 89.0 Å². The number of nitrogens with zero attached hydrogens (tertiary/aromatic N) is 8. The van der Waals surface area contributed by atoms with Crippen molar-refractivity contribution in [3.63, 3.8) is 0 Å². The van der Waals surface area contributed by atoms with E-state index in [4.69, 9.17) is 15.2 Å². The molecule has 1 unspecified atom stereocenters. The Kier molecular flexibility index (Phi) is 7.20. The number of hydrogen-bond donors (Lipinski definition) is 1. The minimum atomic E-state index is -0.771. The van der Waals surface area contributed by atoms with Crippen molar-refractivity contribution in [2.75, 3.05) is 13.1 Å². The summed E-state index contributed by atoms with van der Waals surface area (Å²) in [5.41, 5.74) is 9.39. The van der Waals surface area contributed by atoms with Crippen LogP contribution < -0.4 is 0 Å². The van der Waals surface area contributed by atoms with E-state index in [1.54, 1.807) is 0 Å². The fraction of sp³-hybridized carbons (Fsp3) is 0.378. The fourth-order valence-electron chi connectivity index (χ4n) is 7.17. The van der Waals surface area contributed by atoms with Crippen LogP contribution in [0.4, 0.5) is 0 Å². The predicted molar refractivity (Wildman–Crippen MR) is 182 cm³/mol. The second-order valence-corrected chi connectivity index (χ2v) is 13.5. The standard InChI is InChI=1S/C37H40N8O2/c1-22(2)33-23(3)45(31-18-27-19-42(4)41-36(27)38-34(31)25-12-13-25)40-35(33)28-8-7-9-30-29(28)20-44(39-30)21-32(46)24-10-14-26(15-11-24)37(47)43-16-5-6-17-43/h7-11,14-15,18-20,22,25,32,46H,5-6,12-13,16-17,21H2,1-4H3. The van der Waals surface area contributed by atoms with Crippen LogP contribution in [0.2, 0.25) is 0 Å². The molecule has 4 aromatic heterocycles. The number of rotatable bonds is 8. The molecule has 1 saturated heterocycles. The van der Waals surface area contributed by atoms with Crippen LogP contribution in [0.1, 0.15) is 90.3 Å². The largest absolute Gasteiger partial charge is 0.386 e. The third-order valence-electron chi connectivity index (χ3n) is 9.70. The molecule has 2 aliphatic rings. The molecule has 0 bridgehead atoms. The fourth-order valence-corrected chi connectivity index (χ4v) is 7.17. The Morgan fingerprint density at radius 3 is 2.49 bits per heavy atom. The number of hydrogen-bond acceptors (Lipinski definition) is 6. The van der Waals surface area contributed by atoms with Gasteiger partial charge in [0, 0.05) is 71.6 Å². The maximum atomic E-state index is 12.8. The molecular formula is C37H40N8O2. The van der Waals surface area contributed by atoms with Gasteiger partial charge in [0.05, 0.1) is 35.2 Å². The summed E-state index contributed by atoms with van der Waals surface area (Å²) in [6.07, 6.45) is 7.64. The molecule has 47 heavy (non-hydrogen) atoms. The Morgan fingerprint density at radius 2 is 1.77 bits per heavy atom. The number of aliphatic hydroxyl groups excluding tert-OH is 1. The molecule has 0 spiro atoms. The minimum absolute atomic E-state index is 0.0606. The molecule has 10 heteroatoms. The van der Waals surface area contributed by atoms with E-state index in [9.17, 15) is 9.90 Å². The van der Waals surface area contributed by atoms with Gasteiger partial charge in [0.25, 0.3) is 5.91 Å². The van der Waals surface area contributed by atoms with Crippen molar-refractivity contribution >= 4 is 27.8 Å². The number of pyridine rings is 1. The summed E-state index contributed by atoms with van der Waals surface area (Å²) in [6, 6.07) is 15.7. The number of carbonyl (C=O) groups is 1. The smallest absolute Gasteiger partial charge is 0.253 e. The summed E-state index contributed by atoms with van der Waals surface area (Å²) in [4.78, 5) is 19.7. The summed E-state index contributed by atoms with van der Waals surface area (Å²) < 4.78 is 5.72. The van der Waals surface area contributed by atoms with Crippen LogP contribution in [-0.2, 0) is 13.6 Å². The van der Waals surface area contributed by atoms with E-state index in [1.807, 2.05) is 70.1 Å². The van der Waals surface area contributed by atoms with Crippen molar-refractivity contribution in [1.82, 2.24) is 39.2 Å². The Balaban J connectivity index is 1.13. The minimum Gasteiger partial charge on any atom is -0.386 e. The molecule has 1 atom stereocenters. The molecule has 1 aliphatic heterocycles. The SMILES string of the molecule is Cc1c(C(C)C)c(-c2cccc3nn(CC(O)c4ccc(C(=O)N5CCCC5)cc4)cc23)nn1-c1cc2cn(C)nc2nc1C1CC1. The van der Waals surface area contributed by atoms with E-state index in [0.717, 1.165) is 94.6 Å². The number of fused-ring (bicyclic) bond motifs is 2. The van der Waals surface area contributed by atoms with Crippen molar-refractivity contribution in [1.29, 1.82) is 0 Å². The van der Waals surface area contributed by atoms with Crippen LogP contribution in [0.5, 0.6) is 0 Å². The molecule has 10 nitrogen and oxygen atoms in total. The molecule has 5 heterocycles.